The van der Waals surface area contributed by atoms with Crippen molar-refractivity contribution in [2.75, 3.05) is 24.7 Å². The number of hydrogen-bond acceptors (Lipinski definition) is 7. The van der Waals surface area contributed by atoms with Crippen molar-refractivity contribution in [2.24, 2.45) is 5.10 Å². The lowest BCUT2D eigenvalue weighted by molar-refractivity contribution is -0.123. The third-order valence-electron chi connectivity index (χ3n) is 5.12. The molecule has 0 atom stereocenters. The Labute approximate surface area is 224 Å². The second kappa shape index (κ2) is 13.5. The van der Waals surface area contributed by atoms with Gasteiger partial charge in [-0.3, -0.25) is 4.79 Å². The highest BCUT2D eigenvalue weighted by Gasteiger charge is 2.18. The number of nitrogens with zero attached hydrogens (tertiary/aromatic N) is 1. The number of rotatable bonds is 11. The number of ether oxygens (including phenoxy) is 3. The van der Waals surface area contributed by atoms with E-state index < -0.39 is 0 Å². The first kappa shape index (κ1) is 26.3. The van der Waals surface area contributed by atoms with Crippen molar-refractivity contribution in [1.29, 1.82) is 0 Å². The molecule has 0 spiro atoms. The summed E-state index contributed by atoms with van der Waals surface area (Å²) in [6, 6.07) is 20.9. The maximum absolute atomic E-state index is 12.1. The Hall–Kier alpha value is -2.81. The van der Waals surface area contributed by atoms with Crippen LogP contribution < -0.4 is 19.6 Å². The molecule has 1 fully saturated rings. The molecule has 0 unspecified atom stereocenters. The zero-order valence-electron chi connectivity index (χ0n) is 19.8. The van der Waals surface area contributed by atoms with E-state index in [0.717, 1.165) is 11.1 Å². The molecule has 1 saturated heterocycles. The van der Waals surface area contributed by atoms with E-state index in [1.165, 1.54) is 17.1 Å². The summed E-state index contributed by atoms with van der Waals surface area (Å²) in [7, 11) is 0. The fraction of sp³-hybridized carbons (Fsp3) is 0.259. The van der Waals surface area contributed by atoms with E-state index in [9.17, 15) is 4.79 Å². The number of carbonyl (C=O) groups excluding carboxylic acids is 1. The average Bonchev–Trinajstić information content (AvgIpc) is 3.44. The number of hydrogen-bond donors (Lipinski definition) is 1. The fourth-order valence-electron chi connectivity index (χ4n) is 3.37. The van der Waals surface area contributed by atoms with Crippen LogP contribution in [-0.4, -0.2) is 36.8 Å². The van der Waals surface area contributed by atoms with Crippen LogP contribution in [0.1, 0.15) is 28.2 Å². The van der Waals surface area contributed by atoms with Gasteiger partial charge < -0.3 is 14.2 Å². The van der Waals surface area contributed by atoms with Crippen LogP contribution in [0.15, 0.2) is 71.8 Å². The van der Waals surface area contributed by atoms with Crippen molar-refractivity contribution < 1.29 is 19.0 Å². The molecule has 0 radical (unpaired) electrons. The van der Waals surface area contributed by atoms with Gasteiger partial charge in [-0.25, -0.2) is 5.43 Å². The Morgan fingerprint density at radius 3 is 2.47 bits per heavy atom. The van der Waals surface area contributed by atoms with Gasteiger partial charge in [0.15, 0.2) is 18.1 Å². The summed E-state index contributed by atoms with van der Waals surface area (Å²) in [5.41, 5.74) is 5.53. The zero-order chi connectivity index (χ0) is 25.2. The molecule has 0 aromatic heterocycles. The van der Waals surface area contributed by atoms with Gasteiger partial charge in [0.2, 0.25) is 0 Å². The van der Waals surface area contributed by atoms with Crippen molar-refractivity contribution in [3.8, 4) is 17.2 Å². The molecule has 9 heteroatoms. The topological polar surface area (TPSA) is 69.2 Å². The first-order valence-electron chi connectivity index (χ1n) is 11.5. The molecule has 0 aliphatic carbocycles. The third kappa shape index (κ3) is 7.85. The van der Waals surface area contributed by atoms with Crippen LogP contribution in [-0.2, 0) is 11.4 Å². The van der Waals surface area contributed by atoms with Gasteiger partial charge in [-0.05, 0) is 66.1 Å². The monoisotopic (exact) mass is 542 g/mol. The number of benzene rings is 3. The summed E-state index contributed by atoms with van der Waals surface area (Å²) in [6.07, 6.45) is 1.55. The predicted molar refractivity (Wildman–Crippen MR) is 149 cm³/mol. The van der Waals surface area contributed by atoms with Crippen LogP contribution >= 0.6 is 35.1 Å². The number of hydrazone groups is 1. The highest BCUT2D eigenvalue weighted by Crippen LogP contribution is 2.45. The molecule has 0 saturated carbocycles. The predicted octanol–water partition coefficient (Wildman–Crippen LogP) is 6.33. The van der Waals surface area contributed by atoms with E-state index in [0.29, 0.717) is 40.1 Å². The van der Waals surface area contributed by atoms with E-state index in [2.05, 4.69) is 22.7 Å². The average molecular weight is 543 g/mol. The van der Waals surface area contributed by atoms with E-state index in [4.69, 9.17) is 25.8 Å². The van der Waals surface area contributed by atoms with Gasteiger partial charge >= 0.3 is 0 Å². The molecule has 1 N–H and O–H groups in total. The minimum absolute atomic E-state index is 0.120. The van der Waals surface area contributed by atoms with E-state index >= 15 is 0 Å². The maximum atomic E-state index is 12.1. The summed E-state index contributed by atoms with van der Waals surface area (Å²) in [5.74, 6) is 3.90. The quantitative estimate of drug-likeness (QED) is 0.226. The molecule has 0 bridgehead atoms. The van der Waals surface area contributed by atoms with Gasteiger partial charge in [-0.15, -0.1) is 23.5 Å². The third-order valence-corrected chi connectivity index (χ3v) is 8.48. The minimum Gasteiger partial charge on any atom is -0.490 e. The van der Waals surface area contributed by atoms with E-state index in [-0.39, 0.29) is 12.5 Å². The van der Waals surface area contributed by atoms with Crippen molar-refractivity contribution in [1.82, 2.24) is 5.43 Å². The van der Waals surface area contributed by atoms with E-state index in [1.807, 2.05) is 85.0 Å². The van der Waals surface area contributed by atoms with Gasteiger partial charge in [-0.2, -0.15) is 5.10 Å². The Kier molecular flexibility index (Phi) is 9.84. The molecule has 36 heavy (non-hydrogen) atoms. The molecule has 6 nitrogen and oxygen atoms in total. The molecule has 1 amide bonds. The highest BCUT2D eigenvalue weighted by molar-refractivity contribution is 8.19. The molecular formula is C27H27ClN2O4S2. The normalized spacial score (nSPS) is 13.6. The standard InChI is InChI=1S/C27H27ClN2O4S2/c1-2-32-25-15-20(5-12-24(25)34-17-19-3-8-22(28)9-4-19)16-29-30-26(31)18-33-23-10-6-21(7-11-23)27-35-13-14-36-27/h3-12,15-16,27H,2,13-14,17-18H2,1H3,(H,30,31)/b29-16-. The number of thioether (sulfide) groups is 2. The summed E-state index contributed by atoms with van der Waals surface area (Å²) in [6.45, 7) is 2.67. The number of halogens is 1. The van der Waals surface area contributed by atoms with Crippen LogP contribution in [0.25, 0.3) is 0 Å². The molecule has 3 aromatic rings. The van der Waals surface area contributed by atoms with Crippen LogP contribution in [0, 0.1) is 0 Å². The van der Waals surface area contributed by atoms with Gasteiger partial charge in [0, 0.05) is 16.5 Å². The molecule has 1 heterocycles. The number of carbonyl (C=O) groups is 1. The molecule has 3 aromatic carbocycles. The SMILES string of the molecule is CCOc1cc(/C=N\NC(=O)COc2ccc(C3SCCS3)cc2)ccc1OCc1ccc(Cl)cc1. The highest BCUT2D eigenvalue weighted by atomic mass is 35.5. The Balaban J connectivity index is 1.26. The van der Waals surface area contributed by atoms with Crippen LogP contribution in [0.5, 0.6) is 17.2 Å². The van der Waals surface area contributed by atoms with E-state index in [1.54, 1.807) is 6.21 Å². The lowest BCUT2D eigenvalue weighted by Crippen LogP contribution is -2.24. The van der Waals surface area contributed by atoms with Gasteiger partial charge in [0.25, 0.3) is 5.91 Å². The number of nitrogens with one attached hydrogen (secondary N) is 1. The first-order chi connectivity index (χ1) is 17.6. The van der Waals surface area contributed by atoms with Crippen LogP contribution in [0.3, 0.4) is 0 Å². The summed E-state index contributed by atoms with van der Waals surface area (Å²) in [4.78, 5) is 12.1. The van der Waals surface area contributed by atoms with Gasteiger partial charge in [0.1, 0.15) is 12.4 Å². The number of amides is 1. The Morgan fingerprint density at radius 2 is 1.75 bits per heavy atom. The zero-order valence-corrected chi connectivity index (χ0v) is 22.2. The lowest BCUT2D eigenvalue weighted by Gasteiger charge is -2.12. The summed E-state index contributed by atoms with van der Waals surface area (Å²) in [5, 5.41) is 4.72. The summed E-state index contributed by atoms with van der Waals surface area (Å²) < 4.78 is 17.7. The Morgan fingerprint density at radius 1 is 1.00 bits per heavy atom. The molecule has 1 aliphatic rings. The smallest absolute Gasteiger partial charge is 0.277 e. The summed E-state index contributed by atoms with van der Waals surface area (Å²) >= 11 is 9.85. The van der Waals surface area contributed by atoms with Gasteiger partial charge in [0.05, 0.1) is 17.4 Å². The van der Waals surface area contributed by atoms with Crippen molar-refractivity contribution in [3.05, 3.63) is 88.4 Å². The lowest BCUT2D eigenvalue weighted by atomic mass is 10.2. The van der Waals surface area contributed by atoms with Crippen LogP contribution in [0.2, 0.25) is 5.02 Å². The second-order valence-electron chi connectivity index (χ2n) is 7.78. The Bertz CT molecular complexity index is 1170. The fourth-order valence-corrected chi connectivity index (χ4v) is 6.35. The largest absolute Gasteiger partial charge is 0.490 e. The van der Waals surface area contributed by atoms with Crippen LogP contribution in [0.4, 0.5) is 0 Å². The van der Waals surface area contributed by atoms with Gasteiger partial charge in [-0.1, -0.05) is 35.9 Å². The molecule has 188 valence electrons. The second-order valence-corrected chi connectivity index (χ2v) is 10.9. The molecule has 4 rings (SSSR count). The molecular weight excluding hydrogens is 516 g/mol. The van der Waals surface area contributed by atoms with Crippen molar-refractivity contribution in [3.63, 3.8) is 0 Å². The molecule has 1 aliphatic heterocycles. The van der Waals surface area contributed by atoms with Crippen molar-refractivity contribution in [2.45, 2.75) is 18.1 Å². The maximum Gasteiger partial charge on any atom is 0.277 e. The first-order valence-corrected chi connectivity index (χ1v) is 14.0. The van der Waals surface area contributed by atoms with Crippen molar-refractivity contribution >= 4 is 47.2 Å². The minimum atomic E-state index is -0.342.